The van der Waals surface area contributed by atoms with E-state index in [1.54, 1.807) is 0 Å². The molecule has 0 aromatic heterocycles. The Hall–Kier alpha value is -1.60. The second-order valence-electron chi connectivity index (χ2n) is 6.62. The third-order valence-electron chi connectivity index (χ3n) is 5.23. The number of rotatable bonds is 2. The summed E-state index contributed by atoms with van der Waals surface area (Å²) in [7, 11) is 0. The third-order valence-corrected chi connectivity index (χ3v) is 5.23. The van der Waals surface area contributed by atoms with Crippen LogP contribution in [0.5, 0.6) is 0 Å². The highest BCUT2D eigenvalue weighted by atomic mass is 16.3. The summed E-state index contributed by atoms with van der Waals surface area (Å²) in [6.07, 6.45) is 1.73. The van der Waals surface area contributed by atoms with Crippen LogP contribution >= 0.6 is 0 Å². The number of aliphatic hydroxyl groups excluding tert-OH is 1. The lowest BCUT2D eigenvalue weighted by Crippen LogP contribution is -2.34. The number of allylic oxidation sites excluding steroid dienone is 1. The molecule has 4 atom stereocenters. The highest BCUT2D eigenvalue weighted by molar-refractivity contribution is 5.86. The fourth-order valence-electron chi connectivity index (χ4n) is 3.78. The monoisotopic (exact) mass is 280 g/mol. The van der Waals surface area contributed by atoms with Gasteiger partial charge in [-0.3, -0.25) is 0 Å². The van der Waals surface area contributed by atoms with Crippen molar-refractivity contribution in [1.82, 2.24) is 0 Å². The molecular weight excluding hydrogens is 256 g/mol. The largest absolute Gasteiger partial charge is 0.393 e. The molecule has 2 aromatic rings. The zero-order valence-electron chi connectivity index (χ0n) is 12.9. The summed E-state index contributed by atoms with van der Waals surface area (Å²) >= 11 is 0. The van der Waals surface area contributed by atoms with E-state index in [1.807, 2.05) is 0 Å². The predicted octanol–water partition coefficient (Wildman–Crippen LogP) is 4.91. The average molecular weight is 280 g/mol. The van der Waals surface area contributed by atoms with Crippen molar-refractivity contribution >= 4 is 10.8 Å². The molecule has 1 N–H and O–H groups in total. The second-order valence-corrected chi connectivity index (χ2v) is 6.62. The first-order valence-electron chi connectivity index (χ1n) is 7.89. The van der Waals surface area contributed by atoms with Crippen molar-refractivity contribution < 1.29 is 5.11 Å². The zero-order valence-corrected chi connectivity index (χ0v) is 12.9. The minimum absolute atomic E-state index is 0.232. The second kappa shape index (κ2) is 5.65. The molecule has 0 amide bonds. The lowest BCUT2D eigenvalue weighted by atomic mass is 9.68. The van der Waals surface area contributed by atoms with Crippen molar-refractivity contribution in [2.24, 2.45) is 11.8 Å². The molecular formula is C20H24O. The molecule has 1 nitrogen and oxygen atoms in total. The predicted molar refractivity (Wildman–Crippen MR) is 89.4 cm³/mol. The van der Waals surface area contributed by atoms with E-state index in [1.165, 1.54) is 21.9 Å². The van der Waals surface area contributed by atoms with Crippen LogP contribution in [0.25, 0.3) is 10.8 Å². The van der Waals surface area contributed by atoms with E-state index < -0.39 is 0 Å². The molecule has 21 heavy (non-hydrogen) atoms. The number of hydrogen-bond acceptors (Lipinski definition) is 1. The molecule has 1 saturated carbocycles. The fourth-order valence-corrected chi connectivity index (χ4v) is 3.78. The zero-order chi connectivity index (χ0) is 15.0. The summed E-state index contributed by atoms with van der Waals surface area (Å²) in [5, 5.41) is 13.1. The van der Waals surface area contributed by atoms with Crippen molar-refractivity contribution in [2.45, 2.75) is 38.7 Å². The lowest BCUT2D eigenvalue weighted by molar-refractivity contribution is 0.0473. The van der Waals surface area contributed by atoms with Gasteiger partial charge in [0.1, 0.15) is 0 Å². The molecule has 1 heteroatoms. The van der Waals surface area contributed by atoms with E-state index in [9.17, 15) is 5.11 Å². The number of hydrogen-bond donors (Lipinski definition) is 1. The van der Waals surface area contributed by atoms with Crippen LogP contribution in [0.4, 0.5) is 0 Å². The van der Waals surface area contributed by atoms with Crippen LogP contribution in [0.15, 0.2) is 54.6 Å². The van der Waals surface area contributed by atoms with Crippen LogP contribution in [0.3, 0.4) is 0 Å². The van der Waals surface area contributed by atoms with Gasteiger partial charge in [0.2, 0.25) is 0 Å². The molecule has 2 aromatic carbocycles. The molecule has 0 spiro atoms. The molecule has 1 aliphatic carbocycles. The van der Waals surface area contributed by atoms with Crippen LogP contribution in [0.2, 0.25) is 0 Å². The maximum absolute atomic E-state index is 10.5. The molecule has 0 radical (unpaired) electrons. The van der Waals surface area contributed by atoms with Gasteiger partial charge in [0.05, 0.1) is 6.10 Å². The summed E-state index contributed by atoms with van der Waals surface area (Å²) in [6.45, 7) is 8.39. The van der Waals surface area contributed by atoms with Gasteiger partial charge >= 0.3 is 0 Å². The van der Waals surface area contributed by atoms with E-state index in [4.69, 9.17) is 0 Å². The number of fused-ring (bicyclic) bond motifs is 1. The molecule has 3 rings (SSSR count). The Morgan fingerprint density at radius 1 is 1.10 bits per heavy atom. The van der Waals surface area contributed by atoms with Crippen LogP contribution in [0, 0.1) is 11.8 Å². The topological polar surface area (TPSA) is 20.2 Å². The minimum atomic E-state index is -0.232. The molecule has 0 saturated heterocycles. The van der Waals surface area contributed by atoms with Crippen LogP contribution in [-0.2, 0) is 0 Å². The SMILES string of the molecule is C=C(C)[C@H]1C[C@@H](O)[C@@H](C)[C@H](c2cccc3ccccc23)C1. The maximum atomic E-state index is 10.5. The highest BCUT2D eigenvalue weighted by Crippen LogP contribution is 2.44. The highest BCUT2D eigenvalue weighted by Gasteiger charge is 2.35. The van der Waals surface area contributed by atoms with Gasteiger partial charge < -0.3 is 5.11 Å². The van der Waals surface area contributed by atoms with Gasteiger partial charge in [-0.1, -0.05) is 61.5 Å². The van der Waals surface area contributed by atoms with Gasteiger partial charge in [0.25, 0.3) is 0 Å². The first kappa shape index (κ1) is 14.3. The van der Waals surface area contributed by atoms with E-state index in [-0.39, 0.29) is 6.10 Å². The number of benzene rings is 2. The Bertz CT molecular complexity index is 652. The van der Waals surface area contributed by atoms with Crippen LogP contribution in [-0.4, -0.2) is 11.2 Å². The third kappa shape index (κ3) is 2.63. The Morgan fingerprint density at radius 3 is 2.57 bits per heavy atom. The summed E-state index contributed by atoms with van der Waals surface area (Å²) in [5.74, 6) is 1.13. The summed E-state index contributed by atoms with van der Waals surface area (Å²) in [4.78, 5) is 0. The van der Waals surface area contributed by atoms with E-state index >= 15 is 0 Å². The van der Waals surface area contributed by atoms with Crippen molar-refractivity contribution in [1.29, 1.82) is 0 Å². The van der Waals surface area contributed by atoms with Gasteiger partial charge in [0.15, 0.2) is 0 Å². The summed E-state index contributed by atoms with van der Waals surface area (Å²) in [6, 6.07) is 15.1. The molecule has 110 valence electrons. The Morgan fingerprint density at radius 2 is 1.81 bits per heavy atom. The number of aliphatic hydroxyl groups is 1. The van der Waals surface area contributed by atoms with Crippen molar-refractivity contribution in [3.8, 4) is 0 Å². The summed E-state index contributed by atoms with van der Waals surface area (Å²) < 4.78 is 0. The summed E-state index contributed by atoms with van der Waals surface area (Å²) in [5.41, 5.74) is 2.58. The van der Waals surface area contributed by atoms with Gasteiger partial charge in [-0.15, -0.1) is 0 Å². The van der Waals surface area contributed by atoms with Crippen LogP contribution < -0.4 is 0 Å². The van der Waals surface area contributed by atoms with Gasteiger partial charge in [-0.2, -0.15) is 0 Å². The van der Waals surface area contributed by atoms with Gasteiger partial charge in [-0.05, 0) is 53.9 Å². The molecule has 0 bridgehead atoms. The first-order valence-corrected chi connectivity index (χ1v) is 7.89. The Kier molecular flexibility index (Phi) is 3.86. The molecule has 0 unspecified atom stereocenters. The smallest absolute Gasteiger partial charge is 0.0577 e. The lowest BCUT2D eigenvalue weighted by Gasteiger charge is -2.39. The molecule has 1 aliphatic rings. The van der Waals surface area contributed by atoms with Crippen molar-refractivity contribution in [2.75, 3.05) is 0 Å². The average Bonchev–Trinajstić information content (AvgIpc) is 2.49. The van der Waals surface area contributed by atoms with E-state index in [0.717, 1.165) is 12.8 Å². The Balaban J connectivity index is 2.05. The quantitative estimate of drug-likeness (QED) is 0.775. The fraction of sp³-hybridized carbons (Fsp3) is 0.400. The van der Waals surface area contributed by atoms with Crippen molar-refractivity contribution in [3.05, 3.63) is 60.2 Å². The van der Waals surface area contributed by atoms with Gasteiger partial charge in [0, 0.05) is 0 Å². The van der Waals surface area contributed by atoms with E-state index in [2.05, 4.69) is 62.9 Å². The minimum Gasteiger partial charge on any atom is -0.393 e. The molecule has 0 aliphatic heterocycles. The first-order chi connectivity index (χ1) is 10.1. The normalized spacial score (nSPS) is 29.5. The Labute approximate surface area is 127 Å². The molecule has 1 fully saturated rings. The standard InChI is InChI=1S/C20H24O/c1-13(2)16-11-19(14(3)20(21)12-16)18-10-6-8-15-7-4-5-9-17(15)18/h4-10,14,16,19-21H,1,11-12H2,2-3H3/t14-,16+,19+,20+/m0/s1. The van der Waals surface area contributed by atoms with E-state index in [0.29, 0.717) is 17.8 Å². The van der Waals surface area contributed by atoms with Crippen LogP contribution in [0.1, 0.15) is 38.2 Å². The molecule has 0 heterocycles. The van der Waals surface area contributed by atoms with Crippen molar-refractivity contribution in [3.63, 3.8) is 0 Å². The maximum Gasteiger partial charge on any atom is 0.0577 e. The van der Waals surface area contributed by atoms with Gasteiger partial charge in [-0.25, -0.2) is 0 Å².